The van der Waals surface area contributed by atoms with Gasteiger partial charge in [-0.3, -0.25) is 0 Å². The van der Waals surface area contributed by atoms with Crippen molar-refractivity contribution in [1.82, 2.24) is 5.32 Å². The van der Waals surface area contributed by atoms with Gasteiger partial charge in [-0.15, -0.1) is 0 Å². The molecule has 3 heteroatoms. The molecule has 1 aromatic carbocycles. The normalized spacial score (nSPS) is 17.8. The number of nitrogens with one attached hydrogen (secondary N) is 1. The Morgan fingerprint density at radius 1 is 1.26 bits per heavy atom. The van der Waals surface area contributed by atoms with E-state index < -0.39 is 0 Å². The lowest BCUT2D eigenvalue weighted by atomic mass is 10.1. The summed E-state index contributed by atoms with van der Waals surface area (Å²) in [6.07, 6.45) is 6.89. The quantitative estimate of drug-likeness (QED) is 0.748. The largest absolute Gasteiger partial charge is 0.369 e. The minimum atomic E-state index is 0.183. The summed E-state index contributed by atoms with van der Waals surface area (Å²) < 4.78 is 7.43. The van der Waals surface area contributed by atoms with Crippen molar-refractivity contribution in [2.75, 3.05) is 13.1 Å². The Kier molecular flexibility index (Phi) is 6.35. The summed E-state index contributed by atoms with van der Waals surface area (Å²) in [4.78, 5) is 0. The molecule has 1 unspecified atom stereocenters. The summed E-state index contributed by atoms with van der Waals surface area (Å²) in [6, 6.07) is 8.52. The smallest absolute Gasteiger partial charge is 0.0952 e. The number of hydrogen-bond donors (Lipinski definition) is 1. The third kappa shape index (κ3) is 4.90. The SMILES string of the molecule is CCCNCC(OC1CCCC1)c1ccc(Br)cc1. The van der Waals surface area contributed by atoms with Crippen LogP contribution in [-0.4, -0.2) is 19.2 Å². The Bertz CT molecular complexity index is 360. The lowest BCUT2D eigenvalue weighted by Gasteiger charge is -2.23. The van der Waals surface area contributed by atoms with Gasteiger partial charge in [-0.05, 0) is 43.5 Å². The van der Waals surface area contributed by atoms with Gasteiger partial charge in [-0.25, -0.2) is 0 Å². The summed E-state index contributed by atoms with van der Waals surface area (Å²) in [5.41, 5.74) is 1.28. The monoisotopic (exact) mass is 325 g/mol. The molecule has 0 aliphatic heterocycles. The predicted octanol–water partition coefficient (Wildman–Crippen LogP) is 4.45. The molecule has 2 nitrogen and oxygen atoms in total. The van der Waals surface area contributed by atoms with E-state index in [4.69, 9.17) is 4.74 Å². The van der Waals surface area contributed by atoms with E-state index in [-0.39, 0.29) is 6.10 Å². The predicted molar refractivity (Wildman–Crippen MR) is 83.4 cm³/mol. The van der Waals surface area contributed by atoms with E-state index in [1.54, 1.807) is 0 Å². The summed E-state index contributed by atoms with van der Waals surface area (Å²) in [5, 5.41) is 3.49. The Hall–Kier alpha value is -0.380. The molecule has 1 aliphatic carbocycles. The first kappa shape index (κ1) is 15.0. The Morgan fingerprint density at radius 2 is 1.95 bits per heavy atom. The van der Waals surface area contributed by atoms with Crippen LogP contribution >= 0.6 is 15.9 Å². The first-order valence-electron chi connectivity index (χ1n) is 7.41. The van der Waals surface area contributed by atoms with Gasteiger partial charge >= 0.3 is 0 Å². The van der Waals surface area contributed by atoms with Crippen molar-refractivity contribution in [1.29, 1.82) is 0 Å². The Labute approximate surface area is 125 Å². The average Bonchev–Trinajstić information content (AvgIpc) is 2.92. The van der Waals surface area contributed by atoms with Gasteiger partial charge < -0.3 is 10.1 Å². The van der Waals surface area contributed by atoms with Crippen LogP contribution in [0.5, 0.6) is 0 Å². The Balaban J connectivity index is 1.97. The molecule has 0 amide bonds. The van der Waals surface area contributed by atoms with Crippen molar-refractivity contribution < 1.29 is 4.74 Å². The fraction of sp³-hybridized carbons (Fsp3) is 0.625. The number of rotatable bonds is 7. The maximum Gasteiger partial charge on any atom is 0.0952 e. The molecule has 0 aromatic heterocycles. The number of ether oxygens (including phenoxy) is 1. The fourth-order valence-electron chi connectivity index (χ4n) is 2.59. The van der Waals surface area contributed by atoms with Gasteiger partial charge in [0.1, 0.15) is 0 Å². The van der Waals surface area contributed by atoms with Crippen LogP contribution in [0.2, 0.25) is 0 Å². The fourth-order valence-corrected chi connectivity index (χ4v) is 2.85. The number of benzene rings is 1. The van der Waals surface area contributed by atoms with Gasteiger partial charge in [0.15, 0.2) is 0 Å². The van der Waals surface area contributed by atoms with E-state index in [1.807, 2.05) is 0 Å². The standard InChI is InChI=1S/C16H24BrNO/c1-2-11-18-12-16(19-15-5-3-4-6-15)13-7-9-14(17)10-8-13/h7-10,15-16,18H,2-6,11-12H2,1H3. The second-order valence-electron chi connectivity index (χ2n) is 5.29. The van der Waals surface area contributed by atoms with Crippen LogP contribution in [0.25, 0.3) is 0 Å². The molecule has 0 heterocycles. The first-order chi connectivity index (χ1) is 9.29. The minimum absolute atomic E-state index is 0.183. The van der Waals surface area contributed by atoms with Crippen molar-refractivity contribution in [2.45, 2.75) is 51.2 Å². The van der Waals surface area contributed by atoms with Gasteiger partial charge in [0, 0.05) is 11.0 Å². The van der Waals surface area contributed by atoms with Crippen LogP contribution in [0.4, 0.5) is 0 Å². The highest BCUT2D eigenvalue weighted by Gasteiger charge is 2.21. The van der Waals surface area contributed by atoms with Crippen molar-refractivity contribution in [3.63, 3.8) is 0 Å². The average molecular weight is 326 g/mol. The molecule has 0 spiro atoms. The van der Waals surface area contributed by atoms with E-state index in [0.717, 1.165) is 24.0 Å². The molecule has 1 fully saturated rings. The maximum absolute atomic E-state index is 6.31. The number of hydrogen-bond acceptors (Lipinski definition) is 2. The van der Waals surface area contributed by atoms with Crippen molar-refractivity contribution >= 4 is 15.9 Å². The summed E-state index contributed by atoms with van der Waals surface area (Å²) in [7, 11) is 0. The molecule has 0 bridgehead atoms. The number of halogens is 1. The van der Waals surface area contributed by atoms with E-state index in [0.29, 0.717) is 6.10 Å². The topological polar surface area (TPSA) is 21.3 Å². The molecular formula is C16H24BrNO. The lowest BCUT2D eigenvalue weighted by Crippen LogP contribution is -2.26. The molecular weight excluding hydrogens is 302 g/mol. The molecule has 106 valence electrons. The molecule has 19 heavy (non-hydrogen) atoms. The highest BCUT2D eigenvalue weighted by atomic mass is 79.9. The van der Waals surface area contributed by atoms with Crippen LogP contribution in [0.1, 0.15) is 50.7 Å². The second-order valence-corrected chi connectivity index (χ2v) is 6.20. The maximum atomic E-state index is 6.31. The van der Waals surface area contributed by atoms with Gasteiger partial charge in [0.25, 0.3) is 0 Å². The molecule has 1 atom stereocenters. The van der Waals surface area contributed by atoms with E-state index in [9.17, 15) is 0 Å². The van der Waals surface area contributed by atoms with Crippen LogP contribution in [0.15, 0.2) is 28.7 Å². The van der Waals surface area contributed by atoms with E-state index in [2.05, 4.69) is 52.4 Å². The van der Waals surface area contributed by atoms with Crippen molar-refractivity contribution in [3.8, 4) is 0 Å². The van der Waals surface area contributed by atoms with Gasteiger partial charge in [-0.1, -0.05) is 47.8 Å². The highest BCUT2D eigenvalue weighted by molar-refractivity contribution is 9.10. The van der Waals surface area contributed by atoms with Crippen LogP contribution in [-0.2, 0) is 4.74 Å². The minimum Gasteiger partial charge on any atom is -0.369 e. The van der Waals surface area contributed by atoms with Crippen LogP contribution in [0, 0.1) is 0 Å². The third-order valence-corrected chi connectivity index (χ3v) is 4.19. The second kappa shape index (κ2) is 8.03. The lowest BCUT2D eigenvalue weighted by molar-refractivity contribution is -0.00864. The van der Waals surface area contributed by atoms with Crippen molar-refractivity contribution in [3.05, 3.63) is 34.3 Å². The third-order valence-electron chi connectivity index (χ3n) is 3.66. The molecule has 2 rings (SSSR count). The summed E-state index contributed by atoms with van der Waals surface area (Å²) in [6.45, 7) is 4.16. The summed E-state index contributed by atoms with van der Waals surface area (Å²) >= 11 is 3.49. The zero-order chi connectivity index (χ0) is 13.5. The van der Waals surface area contributed by atoms with E-state index in [1.165, 1.54) is 31.2 Å². The van der Waals surface area contributed by atoms with Gasteiger partial charge in [0.2, 0.25) is 0 Å². The molecule has 0 saturated heterocycles. The molecule has 1 saturated carbocycles. The van der Waals surface area contributed by atoms with Gasteiger partial charge in [0.05, 0.1) is 12.2 Å². The Morgan fingerprint density at radius 3 is 2.58 bits per heavy atom. The molecule has 1 aromatic rings. The van der Waals surface area contributed by atoms with Crippen molar-refractivity contribution in [2.24, 2.45) is 0 Å². The zero-order valence-electron chi connectivity index (χ0n) is 11.7. The first-order valence-corrected chi connectivity index (χ1v) is 8.20. The van der Waals surface area contributed by atoms with E-state index >= 15 is 0 Å². The van der Waals surface area contributed by atoms with Crippen LogP contribution < -0.4 is 5.32 Å². The summed E-state index contributed by atoms with van der Waals surface area (Å²) in [5.74, 6) is 0. The molecule has 0 radical (unpaired) electrons. The van der Waals surface area contributed by atoms with Crippen LogP contribution in [0.3, 0.4) is 0 Å². The zero-order valence-corrected chi connectivity index (χ0v) is 13.3. The highest BCUT2D eigenvalue weighted by Crippen LogP contribution is 2.28. The molecule has 1 N–H and O–H groups in total. The van der Waals surface area contributed by atoms with Gasteiger partial charge in [-0.2, -0.15) is 0 Å². The molecule has 1 aliphatic rings.